The van der Waals surface area contributed by atoms with Gasteiger partial charge in [-0.1, -0.05) is 116 Å². The summed E-state index contributed by atoms with van der Waals surface area (Å²) in [6.07, 6.45) is 10.1. The van der Waals surface area contributed by atoms with Gasteiger partial charge in [0.1, 0.15) is 93.5 Å². The van der Waals surface area contributed by atoms with E-state index in [1.807, 2.05) is 66.7 Å². The number of esters is 8. The Labute approximate surface area is 866 Å². The molecule has 0 unspecified atom stereocenters. The molecule has 7 aromatic rings. The van der Waals surface area contributed by atoms with Gasteiger partial charge in [0.2, 0.25) is 0 Å². The number of aldehydes is 1. The van der Waals surface area contributed by atoms with Gasteiger partial charge in [0.15, 0.2) is 23.0 Å². The van der Waals surface area contributed by atoms with Crippen molar-refractivity contribution in [3.05, 3.63) is 244 Å². The smallest absolute Gasteiger partial charge is 0.493 e. The molecule has 6 atom stereocenters. The number of carbonyl (C=O) groups excluding carboxylic acids is 15. The maximum Gasteiger partial charge on any atom is 0.586 e. The minimum Gasteiger partial charge on any atom is -0.493 e. The predicted octanol–water partition coefficient (Wildman–Crippen LogP) is 11.6. The number of cyclic esters (lactones) is 4. The molecule has 46 nitrogen and oxygen atoms in total. The first-order valence-electron chi connectivity index (χ1n) is 47.1. The normalized spacial score (nSPS) is 13.8. The zero-order valence-corrected chi connectivity index (χ0v) is 85.1. The number of likely N-dealkylation sites (tertiary alicyclic amines) is 1. The molecule has 10 rings (SSSR count). The number of piperidine rings is 1. The molecule has 0 aliphatic carbocycles. The van der Waals surface area contributed by atoms with Gasteiger partial charge in [-0.05, 0) is 176 Å². The van der Waals surface area contributed by atoms with Crippen molar-refractivity contribution in [2.45, 2.75) is 201 Å². The number of nitro benzene ring substituents is 3. The van der Waals surface area contributed by atoms with Crippen molar-refractivity contribution in [2.75, 3.05) is 68.7 Å². The molecular formula is C103H128BN10O36+. The van der Waals surface area contributed by atoms with Crippen LogP contribution < -0.4 is 50.4 Å². The highest BCUT2D eigenvalue weighted by Gasteiger charge is 2.36. The number of hydrogen-bond donors (Lipinski definition) is 7. The fourth-order valence-electron chi connectivity index (χ4n) is 14.3. The molecule has 0 saturated carbocycles. The van der Waals surface area contributed by atoms with Crippen molar-refractivity contribution in [3.63, 3.8) is 0 Å². The molecule has 4 heterocycles. The van der Waals surface area contributed by atoms with Crippen molar-refractivity contribution in [2.24, 2.45) is 17.6 Å². The predicted molar refractivity (Wildman–Crippen MR) is 538 cm³/mol. The van der Waals surface area contributed by atoms with E-state index in [9.17, 15) is 102 Å². The minimum absolute atomic E-state index is 0.00132. The molecule has 0 spiro atoms. The standard InChI is InChI=1S/C31H38N2O10.C30H36N2O11.C15H16N2O7.C15H15NO5.C7H16N2.C5H5BN.H2O3/c1-6-21-7-9-22(10-8-21)18-42-31(37)14-12-25(32-3)27(35)15-23(20(2)34)11-13-30(36)43-19-24-16-28(40-4)29(41-5)17-26(24)33(38)39;1-19(34)22(9-11-29(36)43-18-23-14-27(40-3)28(41-4)15-25(23)32(38)39)13-26(35)24(31-2)10-12-30(37)42-17-21-7-5-20(16-33)6-8-21;1-8-5-10(12(17(21)22)6-9(8)2)7-23-13(18)4-3-11-14(19)24-15(20)16-11;1-2-10-3-5-11(6-4-10)9-20-13(17)8-7-12-14(18)21-15(19)16-12;8-4-7-9-5-2-1-3-6-9;6-7-4-2-1-3-5-7;1-3-2/h6-10,16-17,23,25,32H,1,11-15,18-19H2,2-5H3;5-8,14-16,22,24,31H,9-13,17-18H2,1-4H3;5-6,11H,3-4,7H2,1-2H3,(H,16,20);2-6,12H,1,7-9H2,(H,16,19);1-8H2;1-5H;1-2H/q;;;;;+1;/t23-,25-;22-,24-;11-;12-;;;/m1100.../s1. The van der Waals surface area contributed by atoms with Crippen molar-refractivity contribution < 1.29 is 164 Å². The van der Waals surface area contributed by atoms with Crippen LogP contribution in [-0.4, -0.2) is 220 Å². The number of methoxy groups -OCH3 is 4. The van der Waals surface area contributed by atoms with Crippen molar-refractivity contribution >= 4 is 127 Å². The van der Waals surface area contributed by atoms with Crippen LogP contribution in [0, 0.1) is 56.0 Å². The average Bonchev–Trinajstić information content (AvgIpc) is 0.990. The van der Waals surface area contributed by atoms with Gasteiger partial charge in [0, 0.05) is 87.9 Å². The van der Waals surface area contributed by atoms with Gasteiger partial charge in [0.25, 0.3) is 17.1 Å². The lowest BCUT2D eigenvalue weighted by molar-refractivity contribution is -0.521. The van der Waals surface area contributed by atoms with E-state index in [-0.39, 0.29) is 191 Å². The summed E-state index contributed by atoms with van der Waals surface area (Å²) in [5.74, 6) is -6.66. The van der Waals surface area contributed by atoms with E-state index in [2.05, 4.69) is 53.8 Å². The van der Waals surface area contributed by atoms with E-state index >= 15 is 0 Å². The van der Waals surface area contributed by atoms with Gasteiger partial charge in [-0.2, -0.15) is 0 Å². The summed E-state index contributed by atoms with van der Waals surface area (Å²) >= 11 is 0. The lowest BCUT2D eigenvalue weighted by atomic mass is 9.90. The second-order valence-electron chi connectivity index (χ2n) is 33.5. The molecule has 47 heteroatoms. The number of likely N-dealkylation sites (N-methyl/N-ethyl adjacent to an activating group) is 2. The molecule has 6 aromatic carbocycles. The molecule has 808 valence electrons. The van der Waals surface area contributed by atoms with Gasteiger partial charge < -0.3 is 88.7 Å². The van der Waals surface area contributed by atoms with Crippen LogP contribution in [0.1, 0.15) is 189 Å². The van der Waals surface area contributed by atoms with Gasteiger partial charge in [-0.15, -0.1) is 0 Å². The monoisotopic (exact) mass is 2090 g/mol. The number of Topliss-reactive ketones (excluding diaryl/α,β-unsaturated/α-hetero) is 4. The van der Waals surface area contributed by atoms with Crippen molar-refractivity contribution in [1.29, 1.82) is 0 Å². The van der Waals surface area contributed by atoms with Crippen molar-refractivity contribution in [1.82, 2.24) is 26.2 Å². The number of ether oxygens (including phenoxy) is 12. The average molecular weight is 2090 g/mol. The van der Waals surface area contributed by atoms with Crippen LogP contribution >= 0.6 is 0 Å². The Morgan fingerprint density at radius 3 is 1.09 bits per heavy atom. The summed E-state index contributed by atoms with van der Waals surface area (Å²) in [5, 5.41) is 59.8. The Morgan fingerprint density at radius 2 is 0.800 bits per heavy atom. The fraction of sp³-hybridized carbons (Fsp3) is 0.417. The van der Waals surface area contributed by atoms with Gasteiger partial charge >= 0.3 is 67.9 Å². The number of rotatable bonds is 52. The first-order chi connectivity index (χ1) is 71.6. The van der Waals surface area contributed by atoms with Crippen LogP contribution in [0.5, 0.6) is 23.0 Å². The number of benzene rings is 6. The van der Waals surface area contributed by atoms with E-state index in [0.29, 0.717) is 23.0 Å². The third kappa shape index (κ3) is 47.4. The fourth-order valence-corrected chi connectivity index (χ4v) is 14.3. The lowest BCUT2D eigenvalue weighted by Crippen LogP contribution is -2.36. The van der Waals surface area contributed by atoms with Crippen LogP contribution in [0.2, 0.25) is 0 Å². The Hall–Kier alpha value is -15.8. The molecule has 3 saturated heterocycles. The Bertz CT molecular complexity index is 5490. The van der Waals surface area contributed by atoms with Gasteiger partial charge in [0.05, 0.1) is 84.1 Å². The quantitative estimate of drug-likeness (QED) is 0.00272. The molecule has 8 N–H and O–H groups in total. The van der Waals surface area contributed by atoms with E-state index in [4.69, 9.17) is 71.6 Å². The summed E-state index contributed by atoms with van der Waals surface area (Å²) in [6.45, 7) is 17.3. The van der Waals surface area contributed by atoms with E-state index in [1.165, 1.54) is 109 Å². The Kier molecular flexibility index (Phi) is 58.5. The topological polar surface area (TPSA) is 627 Å². The maximum atomic E-state index is 12.9. The molecule has 3 aliphatic rings. The number of nitro groups is 3. The maximum absolute atomic E-state index is 12.9. The molecule has 1 aromatic heterocycles. The molecular weight excluding hydrogens is 1960 g/mol. The number of aromatic nitrogens is 1. The summed E-state index contributed by atoms with van der Waals surface area (Å²) in [4.78, 5) is 212. The van der Waals surface area contributed by atoms with E-state index in [1.54, 1.807) is 82.8 Å². The second-order valence-corrected chi connectivity index (χ2v) is 33.5. The number of nitrogens with two attached hydrogens (primary N) is 1. The molecule has 3 fully saturated rings. The molecule has 150 heavy (non-hydrogen) atoms. The van der Waals surface area contributed by atoms with E-state index in [0.717, 1.165) is 46.5 Å². The highest BCUT2D eigenvalue weighted by Crippen LogP contribution is 2.37. The summed E-state index contributed by atoms with van der Waals surface area (Å²) in [6, 6.07) is 32.1. The number of nitrogens with one attached hydrogen (secondary N) is 4. The second kappa shape index (κ2) is 69.3. The van der Waals surface area contributed by atoms with Crippen LogP contribution in [0.4, 0.5) is 26.7 Å². The number of alkyl carbamates (subject to hydrolysis) is 2. The number of ketones is 4. The van der Waals surface area contributed by atoms with Crippen molar-refractivity contribution in [3.8, 4) is 23.0 Å². The highest BCUT2D eigenvalue weighted by molar-refractivity contribution is 5.97. The summed E-state index contributed by atoms with van der Waals surface area (Å²) in [5.41, 5.74) is 11.7. The molecule has 2 radical (unpaired) electrons. The number of nitrogens with zero attached hydrogens (tertiary/aromatic N) is 5. The summed E-state index contributed by atoms with van der Waals surface area (Å²) < 4.78 is 61.7. The van der Waals surface area contributed by atoms with Crippen LogP contribution in [0.15, 0.2) is 153 Å². The highest BCUT2D eigenvalue weighted by atomic mass is 17.4. The minimum atomic E-state index is -0.874. The molecule has 3 aliphatic heterocycles. The third-order valence-corrected chi connectivity index (χ3v) is 23.0. The zero-order valence-electron chi connectivity index (χ0n) is 85.1. The van der Waals surface area contributed by atoms with E-state index < -0.39 is 124 Å². The number of aryl methyl sites for hydroxylation is 2. The number of hydrogen-bond acceptors (Lipinski definition) is 40. The van der Waals surface area contributed by atoms with Crippen LogP contribution in [0.25, 0.3) is 12.2 Å². The first kappa shape index (κ1) is 126. The van der Waals surface area contributed by atoms with Crippen LogP contribution in [-0.2, 0) is 140 Å². The molecule has 2 amide bonds. The largest absolute Gasteiger partial charge is 0.586 e. The molecule has 0 bridgehead atoms. The Morgan fingerprint density at radius 1 is 0.487 bits per heavy atom. The Balaban J connectivity index is 0.000000403. The summed E-state index contributed by atoms with van der Waals surface area (Å²) in [7, 11) is 13.8. The first-order valence-corrected chi connectivity index (χ1v) is 47.1. The SMILES string of the molecule is C=Cc1ccc(COC(=O)CC[C@@H](NC)C(=O)C[C@@H](CCC(=O)OCc2cc(OC)c(OC)cc2[N+](=O)[O-])C(C)=O)cc1.C=Cc1ccc(COC(=O)CC[C@@H]2NC(=O)OC2=O)cc1.CN[C@H](CCC(=O)OCc1ccc(C=O)cc1)C(=O)C[C@@H](CCC(=O)OCc1cc(OC)c(OC)cc1[N+](=O)[O-])C(C)=O.Cc1cc(COC(=O)CC[C@@H]2NC(=O)OC2=O)c([N+](=O)[O-])cc1C.NCCN1CCCCC1.OOO.[B][n+]1ccccc1. The van der Waals surface area contributed by atoms with Gasteiger partial charge in [-0.3, -0.25) is 87.6 Å². The number of carbonyl (C=O) groups is 15. The lowest BCUT2D eigenvalue weighted by Gasteiger charge is -2.25. The number of amides is 2. The zero-order chi connectivity index (χ0) is 111. The van der Waals surface area contributed by atoms with Gasteiger partial charge in [-0.25, -0.2) is 29.7 Å². The van der Waals surface area contributed by atoms with Crippen LogP contribution in [0.3, 0.4) is 0 Å². The third-order valence-electron chi connectivity index (χ3n) is 23.0. The number of pyridine rings is 1.